The van der Waals surface area contributed by atoms with Crippen molar-refractivity contribution in [3.63, 3.8) is 0 Å². The molecule has 0 aliphatic heterocycles. The quantitative estimate of drug-likeness (QED) is 0.824. The molecule has 96 valence electrons. The highest BCUT2D eigenvalue weighted by molar-refractivity contribution is 5.48. The van der Waals surface area contributed by atoms with Gasteiger partial charge in [0, 0.05) is 5.56 Å². The van der Waals surface area contributed by atoms with Crippen molar-refractivity contribution >= 4 is 0 Å². The van der Waals surface area contributed by atoms with Gasteiger partial charge in [0.25, 0.3) is 5.92 Å². The highest BCUT2D eigenvalue weighted by Crippen LogP contribution is 2.39. The van der Waals surface area contributed by atoms with Gasteiger partial charge in [0.05, 0.1) is 14.2 Å². The Morgan fingerprint density at radius 2 is 2.00 bits per heavy atom. The SMILES string of the molecule is COc1cccc([C@H](N)C(F)(F)CO)c1OC. The molecule has 0 aliphatic rings. The van der Waals surface area contributed by atoms with Gasteiger partial charge in [-0.1, -0.05) is 12.1 Å². The first-order valence-electron chi connectivity index (χ1n) is 4.93. The highest BCUT2D eigenvalue weighted by atomic mass is 19.3. The number of halogens is 2. The lowest BCUT2D eigenvalue weighted by Crippen LogP contribution is -2.36. The van der Waals surface area contributed by atoms with Gasteiger partial charge < -0.3 is 20.3 Å². The van der Waals surface area contributed by atoms with E-state index in [1.165, 1.54) is 26.4 Å². The molecule has 1 atom stereocenters. The van der Waals surface area contributed by atoms with Gasteiger partial charge in [-0.25, -0.2) is 8.78 Å². The zero-order valence-corrected chi connectivity index (χ0v) is 9.61. The van der Waals surface area contributed by atoms with E-state index in [1.54, 1.807) is 6.07 Å². The van der Waals surface area contributed by atoms with Crippen LogP contribution in [0.5, 0.6) is 11.5 Å². The summed E-state index contributed by atoms with van der Waals surface area (Å²) >= 11 is 0. The van der Waals surface area contributed by atoms with Gasteiger partial charge in [-0.05, 0) is 6.07 Å². The number of aliphatic hydroxyl groups is 1. The van der Waals surface area contributed by atoms with E-state index >= 15 is 0 Å². The Morgan fingerprint density at radius 3 is 2.47 bits per heavy atom. The van der Waals surface area contributed by atoms with Crippen LogP contribution < -0.4 is 15.2 Å². The van der Waals surface area contributed by atoms with Crippen molar-refractivity contribution in [2.75, 3.05) is 20.8 Å². The fraction of sp³-hybridized carbons (Fsp3) is 0.455. The van der Waals surface area contributed by atoms with E-state index in [0.717, 1.165) is 0 Å². The summed E-state index contributed by atoms with van der Waals surface area (Å²) in [4.78, 5) is 0. The Kier molecular flexibility index (Phi) is 4.25. The van der Waals surface area contributed by atoms with Crippen molar-refractivity contribution in [1.29, 1.82) is 0 Å². The van der Waals surface area contributed by atoms with Crippen LogP contribution in [-0.2, 0) is 0 Å². The second kappa shape index (κ2) is 5.29. The molecule has 1 aromatic carbocycles. The third kappa shape index (κ3) is 2.65. The molecule has 0 spiro atoms. The molecule has 0 saturated heterocycles. The molecule has 0 unspecified atom stereocenters. The van der Waals surface area contributed by atoms with Gasteiger partial charge >= 0.3 is 0 Å². The van der Waals surface area contributed by atoms with Crippen LogP contribution in [0.2, 0.25) is 0 Å². The third-order valence-corrected chi connectivity index (χ3v) is 2.43. The molecule has 4 nitrogen and oxygen atoms in total. The molecule has 3 N–H and O–H groups in total. The number of hydrogen-bond donors (Lipinski definition) is 2. The molecule has 0 heterocycles. The average molecular weight is 247 g/mol. The normalized spacial score (nSPS) is 13.3. The van der Waals surface area contributed by atoms with E-state index < -0.39 is 18.6 Å². The Labute approximate surface area is 97.9 Å². The molecule has 0 aromatic heterocycles. The summed E-state index contributed by atoms with van der Waals surface area (Å²) in [6.07, 6.45) is 0. The fourth-order valence-corrected chi connectivity index (χ4v) is 1.48. The van der Waals surface area contributed by atoms with Crippen molar-refractivity contribution in [1.82, 2.24) is 0 Å². The van der Waals surface area contributed by atoms with Crippen molar-refractivity contribution in [2.45, 2.75) is 12.0 Å². The van der Waals surface area contributed by atoms with Crippen molar-refractivity contribution in [3.8, 4) is 11.5 Å². The molecule has 0 fully saturated rings. The number of hydrogen-bond acceptors (Lipinski definition) is 4. The summed E-state index contributed by atoms with van der Waals surface area (Å²) in [6.45, 7) is -1.32. The van der Waals surface area contributed by atoms with Gasteiger partial charge in [0.15, 0.2) is 11.5 Å². The number of rotatable bonds is 5. The first-order chi connectivity index (χ1) is 7.97. The zero-order chi connectivity index (χ0) is 13.1. The maximum absolute atomic E-state index is 13.3. The molecule has 17 heavy (non-hydrogen) atoms. The monoisotopic (exact) mass is 247 g/mol. The molecule has 6 heteroatoms. The van der Waals surface area contributed by atoms with Crippen molar-refractivity contribution < 1.29 is 23.4 Å². The number of ether oxygens (including phenoxy) is 2. The molecule has 0 amide bonds. The van der Waals surface area contributed by atoms with E-state index in [0.29, 0.717) is 5.75 Å². The molecule has 1 rings (SSSR count). The summed E-state index contributed by atoms with van der Waals surface area (Å²) in [5.41, 5.74) is 5.53. The second-order valence-electron chi connectivity index (χ2n) is 3.48. The van der Waals surface area contributed by atoms with Crippen LogP contribution in [0.4, 0.5) is 8.78 Å². The second-order valence-corrected chi connectivity index (χ2v) is 3.48. The Morgan fingerprint density at radius 1 is 1.35 bits per heavy atom. The van der Waals surface area contributed by atoms with Gasteiger partial charge in [-0.3, -0.25) is 0 Å². The van der Waals surface area contributed by atoms with E-state index in [-0.39, 0.29) is 11.3 Å². The molecular weight excluding hydrogens is 232 g/mol. The van der Waals surface area contributed by atoms with E-state index in [4.69, 9.17) is 20.3 Å². The lowest BCUT2D eigenvalue weighted by Gasteiger charge is -2.24. The molecule has 0 saturated carbocycles. The van der Waals surface area contributed by atoms with Gasteiger partial charge in [-0.15, -0.1) is 0 Å². The zero-order valence-electron chi connectivity index (χ0n) is 9.61. The van der Waals surface area contributed by atoms with Crippen LogP contribution in [0.3, 0.4) is 0 Å². The maximum Gasteiger partial charge on any atom is 0.289 e. The van der Waals surface area contributed by atoms with Crippen molar-refractivity contribution in [2.24, 2.45) is 5.73 Å². The largest absolute Gasteiger partial charge is 0.493 e. The lowest BCUT2D eigenvalue weighted by atomic mass is 10.0. The van der Waals surface area contributed by atoms with E-state index in [9.17, 15) is 8.78 Å². The predicted octanol–water partition coefficient (Wildman–Crippen LogP) is 1.33. The first-order valence-corrected chi connectivity index (χ1v) is 4.93. The number of nitrogens with two attached hydrogens (primary N) is 1. The predicted molar refractivity (Wildman–Crippen MR) is 58.5 cm³/mol. The molecule has 1 aromatic rings. The van der Waals surface area contributed by atoms with Crippen LogP contribution in [-0.4, -0.2) is 31.9 Å². The van der Waals surface area contributed by atoms with Gasteiger partial charge in [0.2, 0.25) is 0 Å². The van der Waals surface area contributed by atoms with Crippen LogP contribution in [0.1, 0.15) is 11.6 Å². The minimum atomic E-state index is -3.42. The van der Waals surface area contributed by atoms with Gasteiger partial charge in [0.1, 0.15) is 12.6 Å². The first kappa shape index (κ1) is 13.7. The van der Waals surface area contributed by atoms with E-state index in [2.05, 4.69) is 0 Å². The molecule has 0 bridgehead atoms. The summed E-state index contributed by atoms with van der Waals surface area (Å²) in [6, 6.07) is 2.86. The Hall–Kier alpha value is -1.40. The number of aliphatic hydroxyl groups excluding tert-OH is 1. The minimum absolute atomic E-state index is 0.0888. The van der Waals surface area contributed by atoms with Crippen LogP contribution in [0.15, 0.2) is 18.2 Å². The standard InChI is InChI=1S/C11H15F2NO3/c1-16-8-5-3-4-7(9(8)17-2)10(14)11(12,13)6-15/h3-5,10,15H,6,14H2,1-2H3/t10-/m0/s1. The minimum Gasteiger partial charge on any atom is -0.493 e. The number of benzene rings is 1. The average Bonchev–Trinajstić information content (AvgIpc) is 2.36. The highest BCUT2D eigenvalue weighted by Gasteiger charge is 2.39. The lowest BCUT2D eigenvalue weighted by molar-refractivity contribution is -0.0716. The van der Waals surface area contributed by atoms with Crippen molar-refractivity contribution in [3.05, 3.63) is 23.8 Å². The fourth-order valence-electron chi connectivity index (χ4n) is 1.48. The Balaban J connectivity index is 3.22. The summed E-state index contributed by atoms with van der Waals surface area (Å²) in [5, 5.41) is 8.61. The van der Waals surface area contributed by atoms with E-state index in [1.807, 2.05) is 0 Å². The van der Waals surface area contributed by atoms with Crippen LogP contribution in [0, 0.1) is 0 Å². The van der Waals surface area contributed by atoms with Gasteiger partial charge in [-0.2, -0.15) is 0 Å². The molecule has 0 aliphatic carbocycles. The smallest absolute Gasteiger partial charge is 0.289 e. The summed E-state index contributed by atoms with van der Waals surface area (Å²) in [5.74, 6) is -2.95. The topological polar surface area (TPSA) is 64.7 Å². The summed E-state index contributed by atoms with van der Waals surface area (Å²) in [7, 11) is 2.74. The Bertz CT molecular complexity index is 385. The molecular formula is C11H15F2NO3. The number of para-hydroxylation sites is 1. The number of methoxy groups -OCH3 is 2. The van der Waals surface area contributed by atoms with Crippen LogP contribution >= 0.6 is 0 Å². The van der Waals surface area contributed by atoms with Crippen LogP contribution in [0.25, 0.3) is 0 Å². The number of alkyl halides is 2. The summed E-state index contributed by atoms with van der Waals surface area (Å²) < 4.78 is 36.6. The maximum atomic E-state index is 13.3. The third-order valence-electron chi connectivity index (χ3n) is 2.43. The molecule has 0 radical (unpaired) electrons.